The average molecular weight is 273 g/mol. The normalized spacial score (nSPS) is 10.2. The summed E-state index contributed by atoms with van der Waals surface area (Å²) in [6, 6.07) is 7.79. The van der Waals surface area contributed by atoms with Crippen molar-refractivity contribution < 1.29 is 4.74 Å². The highest BCUT2D eigenvalue weighted by Gasteiger charge is 2.14. The lowest BCUT2D eigenvalue weighted by atomic mass is 10.2. The van der Waals surface area contributed by atoms with Crippen molar-refractivity contribution in [2.45, 2.75) is 13.8 Å². The molecule has 0 aliphatic heterocycles. The van der Waals surface area contributed by atoms with E-state index < -0.39 is 0 Å². The summed E-state index contributed by atoms with van der Waals surface area (Å²) in [5, 5.41) is 0. The van der Waals surface area contributed by atoms with Crippen LogP contribution in [-0.2, 0) is 0 Å². The number of rotatable bonds is 4. The fraction of sp³-hybridized carbons (Fsp3) is 0.286. The first-order valence-corrected chi connectivity index (χ1v) is 6.26. The molecule has 6 heteroatoms. The molecular formula is C14H19N5O. The molecule has 0 atom stereocenters. The van der Waals surface area contributed by atoms with E-state index in [2.05, 4.69) is 15.4 Å². The summed E-state index contributed by atoms with van der Waals surface area (Å²) in [6.45, 7) is 3.77. The van der Waals surface area contributed by atoms with Crippen LogP contribution < -0.4 is 20.9 Å². The largest absolute Gasteiger partial charge is 0.497 e. The van der Waals surface area contributed by atoms with Crippen LogP contribution in [0.3, 0.4) is 0 Å². The van der Waals surface area contributed by atoms with Gasteiger partial charge in [0.2, 0.25) is 0 Å². The number of nitrogen functional groups attached to an aromatic ring is 1. The number of anilines is 3. The van der Waals surface area contributed by atoms with Gasteiger partial charge in [0.25, 0.3) is 0 Å². The third-order valence-electron chi connectivity index (χ3n) is 3.13. The molecule has 0 amide bonds. The van der Waals surface area contributed by atoms with Crippen molar-refractivity contribution in [1.29, 1.82) is 0 Å². The van der Waals surface area contributed by atoms with Crippen molar-refractivity contribution in [3.8, 4) is 5.75 Å². The molecule has 20 heavy (non-hydrogen) atoms. The van der Waals surface area contributed by atoms with Crippen LogP contribution in [0.1, 0.15) is 11.4 Å². The van der Waals surface area contributed by atoms with Crippen molar-refractivity contribution in [1.82, 2.24) is 9.97 Å². The Bertz CT molecular complexity index is 615. The standard InChI is InChI=1S/C14H19N5O/c1-9-13(18-15)16-10(2)17-14(9)19(3)11-6-5-7-12(8-11)20-4/h5-8H,15H2,1-4H3,(H,16,17,18). The summed E-state index contributed by atoms with van der Waals surface area (Å²) >= 11 is 0. The van der Waals surface area contributed by atoms with Crippen LogP contribution in [0.25, 0.3) is 0 Å². The third kappa shape index (κ3) is 2.65. The van der Waals surface area contributed by atoms with E-state index in [4.69, 9.17) is 10.6 Å². The Morgan fingerprint density at radius 2 is 2.00 bits per heavy atom. The van der Waals surface area contributed by atoms with E-state index in [1.54, 1.807) is 7.11 Å². The SMILES string of the molecule is COc1cccc(N(C)c2nc(C)nc(NN)c2C)c1. The Kier molecular flexibility index (Phi) is 4.05. The quantitative estimate of drug-likeness (QED) is 0.656. The van der Waals surface area contributed by atoms with E-state index in [0.29, 0.717) is 11.6 Å². The Balaban J connectivity index is 2.47. The van der Waals surface area contributed by atoms with Gasteiger partial charge in [-0.25, -0.2) is 15.8 Å². The van der Waals surface area contributed by atoms with Gasteiger partial charge in [-0.15, -0.1) is 0 Å². The lowest BCUT2D eigenvalue weighted by molar-refractivity contribution is 0.415. The summed E-state index contributed by atoms with van der Waals surface area (Å²) in [7, 11) is 3.60. The van der Waals surface area contributed by atoms with Crippen LogP contribution >= 0.6 is 0 Å². The zero-order valence-electron chi connectivity index (χ0n) is 12.1. The van der Waals surface area contributed by atoms with Gasteiger partial charge in [0.15, 0.2) is 0 Å². The Morgan fingerprint density at radius 3 is 2.65 bits per heavy atom. The molecule has 0 fully saturated rings. The molecule has 1 heterocycles. The number of hydrogen-bond acceptors (Lipinski definition) is 6. The number of nitrogens with zero attached hydrogens (tertiary/aromatic N) is 3. The number of aryl methyl sites for hydroxylation is 1. The number of hydrazine groups is 1. The van der Waals surface area contributed by atoms with Gasteiger partial charge < -0.3 is 15.1 Å². The van der Waals surface area contributed by atoms with Crippen molar-refractivity contribution in [2.75, 3.05) is 24.5 Å². The first-order chi connectivity index (χ1) is 9.56. The number of hydrogen-bond donors (Lipinski definition) is 2. The predicted molar refractivity (Wildman–Crippen MR) is 80.4 cm³/mol. The number of ether oxygens (including phenoxy) is 1. The second-order valence-corrected chi connectivity index (χ2v) is 4.47. The van der Waals surface area contributed by atoms with Gasteiger partial charge in [0.1, 0.15) is 23.2 Å². The minimum Gasteiger partial charge on any atom is -0.497 e. The summed E-state index contributed by atoms with van der Waals surface area (Å²) in [5.41, 5.74) is 4.48. The Labute approximate surface area is 118 Å². The van der Waals surface area contributed by atoms with Crippen LogP contribution in [-0.4, -0.2) is 24.1 Å². The van der Waals surface area contributed by atoms with Crippen molar-refractivity contribution in [3.05, 3.63) is 35.7 Å². The van der Waals surface area contributed by atoms with E-state index in [-0.39, 0.29) is 0 Å². The molecule has 0 saturated heterocycles. The van der Waals surface area contributed by atoms with Gasteiger partial charge in [0, 0.05) is 24.4 Å². The van der Waals surface area contributed by atoms with E-state index >= 15 is 0 Å². The first-order valence-electron chi connectivity index (χ1n) is 6.26. The number of aromatic nitrogens is 2. The van der Waals surface area contributed by atoms with E-state index in [1.165, 1.54) is 0 Å². The van der Waals surface area contributed by atoms with Crippen LogP contribution in [0.5, 0.6) is 5.75 Å². The molecule has 1 aromatic heterocycles. The molecule has 1 aromatic carbocycles. The van der Waals surface area contributed by atoms with E-state index in [1.807, 2.05) is 50.1 Å². The monoisotopic (exact) mass is 273 g/mol. The van der Waals surface area contributed by atoms with Crippen LogP contribution in [0.2, 0.25) is 0 Å². The van der Waals surface area contributed by atoms with Gasteiger partial charge in [0.05, 0.1) is 7.11 Å². The zero-order valence-corrected chi connectivity index (χ0v) is 12.1. The van der Waals surface area contributed by atoms with Crippen molar-refractivity contribution in [2.24, 2.45) is 5.84 Å². The molecule has 3 N–H and O–H groups in total. The molecular weight excluding hydrogens is 254 g/mol. The number of benzene rings is 1. The lowest BCUT2D eigenvalue weighted by Crippen LogP contribution is -2.18. The fourth-order valence-corrected chi connectivity index (χ4v) is 2.02. The van der Waals surface area contributed by atoms with Crippen molar-refractivity contribution >= 4 is 17.3 Å². The van der Waals surface area contributed by atoms with Crippen LogP contribution in [0.15, 0.2) is 24.3 Å². The maximum Gasteiger partial charge on any atom is 0.148 e. The molecule has 0 aliphatic rings. The summed E-state index contributed by atoms with van der Waals surface area (Å²) in [5.74, 6) is 8.39. The fourth-order valence-electron chi connectivity index (χ4n) is 2.02. The molecule has 6 nitrogen and oxygen atoms in total. The second kappa shape index (κ2) is 5.75. The molecule has 0 aliphatic carbocycles. The smallest absolute Gasteiger partial charge is 0.148 e. The molecule has 0 unspecified atom stereocenters. The van der Waals surface area contributed by atoms with Crippen molar-refractivity contribution in [3.63, 3.8) is 0 Å². The molecule has 0 bridgehead atoms. The summed E-state index contributed by atoms with van der Waals surface area (Å²) in [6.07, 6.45) is 0. The van der Waals surface area contributed by atoms with Crippen LogP contribution in [0.4, 0.5) is 17.3 Å². The minimum absolute atomic E-state index is 0.627. The molecule has 0 spiro atoms. The molecule has 2 rings (SSSR count). The topological polar surface area (TPSA) is 76.3 Å². The molecule has 0 saturated carbocycles. The predicted octanol–water partition coefficient (Wildman–Crippen LogP) is 2.16. The third-order valence-corrected chi connectivity index (χ3v) is 3.13. The van der Waals surface area contributed by atoms with Gasteiger partial charge in [-0.1, -0.05) is 6.07 Å². The maximum absolute atomic E-state index is 5.49. The highest BCUT2D eigenvalue weighted by Crippen LogP contribution is 2.29. The molecule has 0 radical (unpaired) electrons. The maximum atomic E-state index is 5.49. The summed E-state index contributed by atoms with van der Waals surface area (Å²) < 4.78 is 5.25. The number of nitrogens with two attached hydrogens (primary N) is 1. The Hall–Kier alpha value is -2.34. The van der Waals surface area contributed by atoms with Gasteiger partial charge in [-0.3, -0.25) is 0 Å². The summed E-state index contributed by atoms with van der Waals surface area (Å²) in [4.78, 5) is 10.7. The Morgan fingerprint density at radius 1 is 1.25 bits per heavy atom. The first kappa shape index (κ1) is 14.1. The van der Waals surface area contributed by atoms with Gasteiger partial charge in [-0.2, -0.15) is 0 Å². The lowest BCUT2D eigenvalue weighted by Gasteiger charge is -2.22. The second-order valence-electron chi connectivity index (χ2n) is 4.47. The highest BCUT2D eigenvalue weighted by atomic mass is 16.5. The zero-order chi connectivity index (χ0) is 14.7. The molecule has 2 aromatic rings. The van der Waals surface area contributed by atoms with E-state index in [0.717, 1.165) is 22.8 Å². The van der Waals surface area contributed by atoms with Gasteiger partial charge in [-0.05, 0) is 26.0 Å². The number of nitrogens with one attached hydrogen (secondary N) is 1. The number of methoxy groups -OCH3 is 1. The van der Waals surface area contributed by atoms with E-state index in [9.17, 15) is 0 Å². The molecule has 106 valence electrons. The minimum atomic E-state index is 0.627. The average Bonchev–Trinajstić information content (AvgIpc) is 2.48. The van der Waals surface area contributed by atoms with Crippen LogP contribution in [0, 0.1) is 13.8 Å². The van der Waals surface area contributed by atoms with Gasteiger partial charge >= 0.3 is 0 Å². The highest BCUT2D eigenvalue weighted by molar-refractivity contribution is 5.67.